The zero-order valence-electron chi connectivity index (χ0n) is 9.24. The molecule has 0 unspecified atom stereocenters. The van der Waals surface area contributed by atoms with Gasteiger partial charge < -0.3 is 5.11 Å². The van der Waals surface area contributed by atoms with Gasteiger partial charge in [0.15, 0.2) is 0 Å². The first-order valence-corrected chi connectivity index (χ1v) is 5.46. The number of unbranched alkanes of at least 4 members (excludes halogenated alkanes) is 1. The van der Waals surface area contributed by atoms with Crippen molar-refractivity contribution >= 4 is 0 Å². The molecule has 0 heterocycles. The lowest BCUT2D eigenvalue weighted by Crippen LogP contribution is -1.95. The number of aryl methyl sites for hydroxylation is 1. The van der Waals surface area contributed by atoms with Crippen LogP contribution in [0.15, 0.2) is 30.3 Å². The summed E-state index contributed by atoms with van der Waals surface area (Å²) in [6, 6.07) is 10.4. The molecule has 0 spiro atoms. The molecule has 0 aliphatic carbocycles. The van der Waals surface area contributed by atoms with Gasteiger partial charge >= 0.3 is 0 Å². The van der Waals surface area contributed by atoms with Gasteiger partial charge in [-0.1, -0.05) is 36.3 Å². The summed E-state index contributed by atoms with van der Waals surface area (Å²) in [5.41, 5.74) is 1.37. The third kappa shape index (κ3) is 5.24. The molecule has 1 aromatic rings. The molecule has 0 aromatic heterocycles. The minimum Gasteiger partial charge on any atom is -0.395 e. The second kappa shape index (κ2) is 7.09. The molecule has 0 fully saturated rings. The fraction of sp³-hybridized carbons (Fsp3) is 0.429. The third-order valence-corrected chi connectivity index (χ3v) is 2.23. The second-order valence-corrected chi connectivity index (χ2v) is 3.74. The van der Waals surface area contributed by atoms with E-state index in [0.29, 0.717) is 0 Å². The molecule has 0 aliphatic rings. The monoisotopic (exact) mass is 202 g/mol. The quantitative estimate of drug-likeness (QED) is 0.588. The van der Waals surface area contributed by atoms with E-state index in [1.54, 1.807) is 0 Å². The van der Waals surface area contributed by atoms with Crippen LogP contribution in [0.25, 0.3) is 0 Å². The molecule has 0 aliphatic heterocycles. The lowest BCUT2D eigenvalue weighted by Gasteiger charge is -1.97. The van der Waals surface area contributed by atoms with Crippen molar-refractivity contribution in [1.82, 2.24) is 0 Å². The smallest absolute Gasteiger partial charge is 0.0566 e. The topological polar surface area (TPSA) is 20.2 Å². The maximum absolute atomic E-state index is 8.77. The van der Waals surface area contributed by atoms with Crippen LogP contribution in [0.2, 0.25) is 0 Å². The number of aliphatic hydroxyl groups is 1. The van der Waals surface area contributed by atoms with Crippen LogP contribution in [-0.4, -0.2) is 11.7 Å². The Morgan fingerprint density at radius 3 is 2.67 bits per heavy atom. The number of rotatable bonds is 4. The molecule has 15 heavy (non-hydrogen) atoms. The SMILES string of the molecule is C[C@@H](C#CCCCc1ccccc1)CO. The Labute approximate surface area is 92.1 Å². The number of hydrogen-bond donors (Lipinski definition) is 1. The van der Waals surface area contributed by atoms with Gasteiger partial charge in [0.1, 0.15) is 0 Å². The zero-order chi connectivity index (χ0) is 10.9. The molecule has 80 valence electrons. The van der Waals surface area contributed by atoms with E-state index in [9.17, 15) is 0 Å². The van der Waals surface area contributed by atoms with Crippen LogP contribution in [0.4, 0.5) is 0 Å². The van der Waals surface area contributed by atoms with Gasteiger partial charge in [-0.15, -0.1) is 5.92 Å². The van der Waals surface area contributed by atoms with E-state index in [4.69, 9.17) is 5.11 Å². The second-order valence-electron chi connectivity index (χ2n) is 3.74. The molecule has 0 saturated carbocycles. The minimum atomic E-state index is 0.113. The van der Waals surface area contributed by atoms with Gasteiger partial charge in [-0.3, -0.25) is 0 Å². The lowest BCUT2D eigenvalue weighted by atomic mass is 10.1. The zero-order valence-corrected chi connectivity index (χ0v) is 9.24. The van der Waals surface area contributed by atoms with Gasteiger partial charge in [0.25, 0.3) is 0 Å². The molecular weight excluding hydrogens is 184 g/mol. The molecule has 0 saturated heterocycles. The Balaban J connectivity index is 2.19. The molecule has 0 bridgehead atoms. The lowest BCUT2D eigenvalue weighted by molar-refractivity contribution is 0.266. The molecular formula is C14H18O. The summed E-state index contributed by atoms with van der Waals surface area (Å²) in [5.74, 6) is 6.23. The summed E-state index contributed by atoms with van der Waals surface area (Å²) >= 11 is 0. The third-order valence-electron chi connectivity index (χ3n) is 2.23. The molecule has 0 radical (unpaired) electrons. The van der Waals surface area contributed by atoms with Crippen LogP contribution < -0.4 is 0 Å². The first-order valence-electron chi connectivity index (χ1n) is 5.46. The first kappa shape index (κ1) is 11.8. The van der Waals surface area contributed by atoms with Crippen LogP contribution in [0.3, 0.4) is 0 Å². The Hall–Kier alpha value is -1.26. The average molecular weight is 202 g/mol. The normalized spacial score (nSPS) is 11.6. The van der Waals surface area contributed by atoms with Crippen molar-refractivity contribution in [2.75, 3.05) is 6.61 Å². The van der Waals surface area contributed by atoms with Crippen molar-refractivity contribution in [3.8, 4) is 11.8 Å². The number of benzene rings is 1. The summed E-state index contributed by atoms with van der Waals surface area (Å²) in [6.45, 7) is 2.09. The highest BCUT2D eigenvalue weighted by Crippen LogP contribution is 2.03. The Bertz CT molecular complexity index is 318. The fourth-order valence-corrected chi connectivity index (χ4v) is 1.32. The van der Waals surface area contributed by atoms with Crippen molar-refractivity contribution in [2.24, 2.45) is 5.92 Å². The van der Waals surface area contributed by atoms with E-state index in [2.05, 4.69) is 36.1 Å². The fourth-order valence-electron chi connectivity index (χ4n) is 1.32. The highest BCUT2D eigenvalue weighted by molar-refractivity contribution is 5.15. The van der Waals surface area contributed by atoms with Gasteiger partial charge in [0, 0.05) is 12.3 Å². The van der Waals surface area contributed by atoms with Crippen molar-refractivity contribution < 1.29 is 5.11 Å². The summed E-state index contributed by atoms with van der Waals surface area (Å²) < 4.78 is 0. The van der Waals surface area contributed by atoms with Gasteiger partial charge in [0.05, 0.1) is 6.61 Å². The van der Waals surface area contributed by atoms with Crippen LogP contribution in [-0.2, 0) is 6.42 Å². The molecule has 1 aromatic carbocycles. The van der Waals surface area contributed by atoms with Gasteiger partial charge in [0.2, 0.25) is 0 Å². The van der Waals surface area contributed by atoms with E-state index in [-0.39, 0.29) is 12.5 Å². The Morgan fingerprint density at radius 1 is 1.27 bits per heavy atom. The maximum atomic E-state index is 8.77. The summed E-state index contributed by atoms with van der Waals surface area (Å²) in [7, 11) is 0. The molecule has 1 rings (SSSR count). The number of aliphatic hydroxyl groups excluding tert-OH is 1. The first-order chi connectivity index (χ1) is 7.33. The van der Waals surface area contributed by atoms with Gasteiger partial charge in [-0.2, -0.15) is 0 Å². The van der Waals surface area contributed by atoms with Crippen molar-refractivity contribution in [2.45, 2.75) is 26.2 Å². The highest BCUT2D eigenvalue weighted by atomic mass is 16.3. The number of hydrogen-bond acceptors (Lipinski definition) is 1. The van der Waals surface area contributed by atoms with E-state index >= 15 is 0 Å². The van der Waals surface area contributed by atoms with E-state index in [1.807, 2.05) is 13.0 Å². The molecule has 1 heteroatoms. The summed E-state index contributed by atoms with van der Waals surface area (Å²) in [4.78, 5) is 0. The van der Waals surface area contributed by atoms with Crippen LogP contribution in [0.5, 0.6) is 0 Å². The molecule has 0 amide bonds. The minimum absolute atomic E-state index is 0.113. The van der Waals surface area contributed by atoms with E-state index in [0.717, 1.165) is 19.3 Å². The van der Waals surface area contributed by atoms with Crippen molar-refractivity contribution in [3.05, 3.63) is 35.9 Å². The molecule has 1 nitrogen and oxygen atoms in total. The maximum Gasteiger partial charge on any atom is 0.0566 e. The summed E-state index contributed by atoms with van der Waals surface area (Å²) in [5, 5.41) is 8.77. The van der Waals surface area contributed by atoms with Crippen LogP contribution in [0, 0.1) is 17.8 Å². The van der Waals surface area contributed by atoms with E-state index in [1.165, 1.54) is 5.56 Å². The van der Waals surface area contributed by atoms with Crippen molar-refractivity contribution in [1.29, 1.82) is 0 Å². The molecule has 1 N–H and O–H groups in total. The van der Waals surface area contributed by atoms with Crippen LogP contribution in [0.1, 0.15) is 25.3 Å². The summed E-state index contributed by atoms with van der Waals surface area (Å²) in [6.07, 6.45) is 3.09. The predicted octanol–water partition coefficient (Wildman–Crippen LogP) is 2.64. The standard InChI is InChI=1S/C14H18O/c1-13(12-15)8-4-2-5-9-14-10-6-3-7-11-14/h3,6-7,10-11,13,15H,2,5,9,12H2,1H3/t13-/m0/s1. The van der Waals surface area contributed by atoms with Crippen molar-refractivity contribution in [3.63, 3.8) is 0 Å². The van der Waals surface area contributed by atoms with Gasteiger partial charge in [-0.05, 0) is 25.3 Å². The highest BCUT2D eigenvalue weighted by Gasteiger charge is 1.91. The van der Waals surface area contributed by atoms with Crippen LogP contribution >= 0.6 is 0 Å². The largest absolute Gasteiger partial charge is 0.395 e. The average Bonchev–Trinajstić information content (AvgIpc) is 2.29. The predicted molar refractivity (Wildman–Crippen MR) is 63.4 cm³/mol. The Kier molecular flexibility index (Phi) is 5.58. The van der Waals surface area contributed by atoms with Gasteiger partial charge in [-0.25, -0.2) is 0 Å². The van der Waals surface area contributed by atoms with E-state index < -0.39 is 0 Å². The Morgan fingerprint density at radius 2 is 2.00 bits per heavy atom. The molecule has 1 atom stereocenters.